The Labute approximate surface area is 180 Å². The van der Waals surface area contributed by atoms with Crippen LogP contribution in [0.4, 0.5) is 0 Å². The second kappa shape index (κ2) is 7.38. The van der Waals surface area contributed by atoms with Gasteiger partial charge >= 0.3 is 5.63 Å². The van der Waals surface area contributed by atoms with Crippen molar-refractivity contribution in [2.24, 2.45) is 4.99 Å². The van der Waals surface area contributed by atoms with E-state index in [1.807, 2.05) is 55.5 Å². The molecule has 0 aliphatic rings. The Morgan fingerprint density at radius 3 is 2.81 bits per heavy atom. The Morgan fingerprint density at radius 2 is 1.97 bits per heavy atom. The molecule has 5 nitrogen and oxygen atoms in total. The first-order valence-electron chi connectivity index (χ1n) is 9.63. The molecule has 1 amide bonds. The van der Waals surface area contributed by atoms with Gasteiger partial charge in [0.2, 0.25) is 0 Å². The van der Waals surface area contributed by atoms with Crippen molar-refractivity contribution < 1.29 is 9.21 Å². The minimum atomic E-state index is -0.711. The molecule has 5 aromatic rings. The van der Waals surface area contributed by atoms with Crippen molar-refractivity contribution in [3.05, 3.63) is 87.0 Å². The molecule has 0 bridgehead atoms. The number of thiazole rings is 1. The van der Waals surface area contributed by atoms with Crippen molar-refractivity contribution >= 4 is 49.2 Å². The summed E-state index contributed by atoms with van der Waals surface area (Å²) in [5, 5.41) is 2.59. The average Bonchev–Trinajstić information content (AvgIpc) is 3.09. The highest BCUT2D eigenvalue weighted by Crippen LogP contribution is 2.25. The summed E-state index contributed by atoms with van der Waals surface area (Å²) in [6.07, 6.45) is 5.53. The highest BCUT2D eigenvalue weighted by molar-refractivity contribution is 7.16. The maximum Gasteiger partial charge on any atom is 0.349 e. The number of amides is 1. The normalized spacial score (nSPS) is 11.9. The van der Waals surface area contributed by atoms with E-state index in [2.05, 4.69) is 10.9 Å². The summed E-state index contributed by atoms with van der Waals surface area (Å²) >= 11 is 1.36. The smallest absolute Gasteiger partial charge is 0.349 e. The van der Waals surface area contributed by atoms with Crippen molar-refractivity contribution in [1.29, 1.82) is 0 Å². The SMILES string of the molecule is C#CCn1c(=NC(=O)c2cc3c(ccc4ccccc43)oc2=O)sc2cc(C)ccc21. The van der Waals surface area contributed by atoms with E-state index >= 15 is 0 Å². The van der Waals surface area contributed by atoms with Gasteiger partial charge in [-0.15, -0.1) is 6.42 Å². The Bertz CT molecular complexity index is 1680. The summed E-state index contributed by atoms with van der Waals surface area (Å²) < 4.78 is 8.21. The largest absolute Gasteiger partial charge is 0.422 e. The first-order valence-corrected chi connectivity index (χ1v) is 10.4. The molecule has 0 atom stereocenters. The number of carbonyl (C=O) groups is 1. The fraction of sp³-hybridized carbons (Fsp3) is 0.0800. The predicted molar refractivity (Wildman–Crippen MR) is 123 cm³/mol. The molecule has 3 aromatic carbocycles. The van der Waals surface area contributed by atoms with Crippen LogP contribution in [0.1, 0.15) is 15.9 Å². The maximum atomic E-state index is 13.0. The lowest BCUT2D eigenvalue weighted by molar-refractivity contribution is 0.0994. The maximum absolute atomic E-state index is 13.0. The molecular weight excluding hydrogens is 408 g/mol. The van der Waals surface area contributed by atoms with E-state index in [-0.39, 0.29) is 12.1 Å². The molecule has 0 N–H and O–H groups in total. The van der Waals surface area contributed by atoms with Crippen LogP contribution in [-0.2, 0) is 6.54 Å². The summed E-state index contributed by atoms with van der Waals surface area (Å²) in [5.74, 6) is 1.95. The van der Waals surface area contributed by atoms with Gasteiger partial charge < -0.3 is 8.98 Å². The number of fused-ring (bicyclic) bond motifs is 4. The molecule has 2 aromatic heterocycles. The zero-order chi connectivity index (χ0) is 21.5. The number of hydrogen-bond donors (Lipinski definition) is 0. The number of nitrogens with zero attached hydrogens (tertiary/aromatic N) is 2. The van der Waals surface area contributed by atoms with E-state index < -0.39 is 11.5 Å². The highest BCUT2D eigenvalue weighted by atomic mass is 32.1. The van der Waals surface area contributed by atoms with Crippen LogP contribution >= 0.6 is 11.3 Å². The Kier molecular flexibility index (Phi) is 4.54. The summed E-state index contributed by atoms with van der Waals surface area (Å²) in [5.41, 5.74) is 1.61. The van der Waals surface area contributed by atoms with Crippen molar-refractivity contribution in [3.63, 3.8) is 0 Å². The lowest BCUT2D eigenvalue weighted by Crippen LogP contribution is -2.19. The Morgan fingerprint density at radius 1 is 1.13 bits per heavy atom. The minimum absolute atomic E-state index is 0.107. The molecule has 0 aliphatic heterocycles. The topological polar surface area (TPSA) is 64.6 Å². The zero-order valence-corrected chi connectivity index (χ0v) is 17.4. The molecule has 150 valence electrons. The van der Waals surface area contributed by atoms with Crippen LogP contribution in [0.25, 0.3) is 32.0 Å². The van der Waals surface area contributed by atoms with Gasteiger partial charge in [0.1, 0.15) is 11.1 Å². The molecule has 0 saturated carbocycles. The molecular formula is C25H16N2O3S. The third-order valence-corrected chi connectivity index (χ3v) is 6.20. The fourth-order valence-electron chi connectivity index (χ4n) is 3.68. The molecule has 0 aliphatic carbocycles. The zero-order valence-electron chi connectivity index (χ0n) is 16.6. The summed E-state index contributed by atoms with van der Waals surface area (Å²) in [7, 11) is 0. The van der Waals surface area contributed by atoms with E-state index in [1.165, 1.54) is 11.3 Å². The standard InChI is InChI=1S/C25H16N2O3S/c1-3-12-27-20-10-8-15(2)13-22(20)31-25(27)26-23(28)19-14-18-17-7-5-4-6-16(17)9-11-21(18)30-24(19)29/h1,4-11,13-14H,12H2,2H3. The van der Waals surface area contributed by atoms with Crippen LogP contribution in [0.15, 0.2) is 74.9 Å². The van der Waals surface area contributed by atoms with Crippen LogP contribution in [0.3, 0.4) is 0 Å². The number of hydrogen-bond acceptors (Lipinski definition) is 4. The van der Waals surface area contributed by atoms with Crippen molar-refractivity contribution in [3.8, 4) is 12.3 Å². The number of carbonyl (C=O) groups excluding carboxylic acids is 1. The summed E-state index contributed by atoms with van der Waals surface area (Å²) in [4.78, 5) is 30.3. The second-order valence-corrected chi connectivity index (χ2v) is 8.22. The molecule has 5 rings (SSSR count). The van der Waals surface area contributed by atoms with E-state index in [0.29, 0.717) is 15.8 Å². The molecule has 0 fully saturated rings. The van der Waals surface area contributed by atoms with Gasteiger partial charge in [-0.25, -0.2) is 4.79 Å². The lowest BCUT2D eigenvalue weighted by Gasteiger charge is -2.04. The summed E-state index contributed by atoms with van der Waals surface area (Å²) in [6.45, 7) is 2.27. The molecule has 0 saturated heterocycles. The van der Waals surface area contributed by atoms with Gasteiger partial charge in [-0.2, -0.15) is 4.99 Å². The predicted octanol–water partition coefficient (Wildman–Crippen LogP) is 4.65. The highest BCUT2D eigenvalue weighted by Gasteiger charge is 2.16. The molecule has 2 heterocycles. The van der Waals surface area contributed by atoms with Crippen molar-refractivity contribution in [2.45, 2.75) is 13.5 Å². The van der Waals surface area contributed by atoms with Crippen LogP contribution in [0.2, 0.25) is 0 Å². The van der Waals surface area contributed by atoms with Crippen LogP contribution in [0, 0.1) is 19.3 Å². The lowest BCUT2D eigenvalue weighted by atomic mass is 10.0. The van der Waals surface area contributed by atoms with E-state index in [1.54, 1.807) is 16.7 Å². The summed E-state index contributed by atoms with van der Waals surface area (Å²) in [6, 6.07) is 18.9. The first kappa shape index (κ1) is 19.0. The Hall–Kier alpha value is -3.95. The van der Waals surface area contributed by atoms with Crippen molar-refractivity contribution in [1.82, 2.24) is 4.57 Å². The second-order valence-electron chi connectivity index (χ2n) is 7.21. The third kappa shape index (κ3) is 3.25. The van der Waals surface area contributed by atoms with Crippen LogP contribution in [-0.4, -0.2) is 10.5 Å². The third-order valence-electron chi connectivity index (χ3n) is 5.16. The average molecular weight is 424 g/mol. The van der Waals surface area contributed by atoms with Crippen LogP contribution in [0.5, 0.6) is 0 Å². The van der Waals surface area contributed by atoms with Gasteiger partial charge in [-0.05, 0) is 47.5 Å². The minimum Gasteiger partial charge on any atom is -0.422 e. The molecule has 0 radical (unpaired) electrons. The van der Waals surface area contributed by atoms with Gasteiger partial charge in [-0.1, -0.05) is 53.7 Å². The van der Waals surface area contributed by atoms with Gasteiger partial charge in [0.15, 0.2) is 4.80 Å². The van der Waals surface area contributed by atoms with E-state index in [4.69, 9.17) is 10.8 Å². The molecule has 6 heteroatoms. The monoisotopic (exact) mass is 424 g/mol. The van der Waals surface area contributed by atoms with E-state index in [0.717, 1.165) is 26.6 Å². The first-order chi connectivity index (χ1) is 15.0. The molecule has 0 spiro atoms. The van der Waals surface area contributed by atoms with Crippen molar-refractivity contribution in [2.75, 3.05) is 0 Å². The molecule has 0 unspecified atom stereocenters. The van der Waals surface area contributed by atoms with E-state index in [9.17, 15) is 9.59 Å². The fourth-order valence-corrected chi connectivity index (χ4v) is 4.80. The van der Waals surface area contributed by atoms with Gasteiger partial charge in [-0.3, -0.25) is 4.79 Å². The Balaban J connectivity index is 1.72. The number of aromatic nitrogens is 1. The number of terminal acetylenes is 1. The van der Waals surface area contributed by atoms with Gasteiger partial charge in [0.05, 0.1) is 16.8 Å². The van der Waals surface area contributed by atoms with Gasteiger partial charge in [0, 0.05) is 5.39 Å². The van der Waals surface area contributed by atoms with Crippen LogP contribution < -0.4 is 10.4 Å². The quantitative estimate of drug-likeness (QED) is 0.235. The van der Waals surface area contributed by atoms with Gasteiger partial charge in [0.25, 0.3) is 5.91 Å². The number of aryl methyl sites for hydroxylation is 1. The number of rotatable bonds is 2. The molecule has 31 heavy (non-hydrogen) atoms. The number of benzene rings is 3.